The Morgan fingerprint density at radius 1 is 1.50 bits per heavy atom. The molecule has 0 amide bonds. The molecule has 0 atom stereocenters. The fourth-order valence-electron chi connectivity index (χ4n) is 0. The second-order valence-electron chi connectivity index (χ2n) is 0.0630. The van der Waals surface area contributed by atoms with Crippen LogP contribution in [0.2, 0.25) is 0 Å². The molecule has 0 fully saturated rings. The molecule has 0 rings (SSSR count). The van der Waals surface area contributed by atoms with E-state index in [1.54, 1.807) is 0 Å². The quantitative estimate of drug-likeness (QED) is 0.322. The van der Waals surface area contributed by atoms with Crippen LogP contribution in [0.25, 0.3) is 0 Å². The molecule has 0 aliphatic carbocycles. The summed E-state index contributed by atoms with van der Waals surface area (Å²) in [4.78, 5) is 0. The Hall–Kier alpha value is 1.76. The van der Waals surface area contributed by atoms with Crippen LogP contribution in [0.4, 0.5) is 0 Å². The van der Waals surface area contributed by atoms with Gasteiger partial charge in [0.2, 0.25) is 0 Å². The van der Waals surface area contributed by atoms with E-state index in [1.807, 2.05) is 0 Å². The summed E-state index contributed by atoms with van der Waals surface area (Å²) in [7, 11) is 0. The molecular weight excluding hydrogens is 126 g/mol. The monoisotopic (exact) mass is 127 g/mol. The number of rotatable bonds is 0. The molecule has 0 bridgehead atoms. The summed E-state index contributed by atoms with van der Waals surface area (Å²) in [5.74, 6) is 0. The Balaban J connectivity index is -0.0000000200. The van der Waals surface area contributed by atoms with E-state index in [0.29, 0.717) is 0 Å². The number of hydrogen-bond acceptors (Lipinski definition) is 2. The van der Waals surface area contributed by atoms with Crippen molar-refractivity contribution in [2.75, 3.05) is 0 Å². The van der Waals surface area contributed by atoms with Gasteiger partial charge in [0.1, 0.15) is 0 Å². The van der Waals surface area contributed by atoms with Gasteiger partial charge in [0.05, 0.1) is 0 Å². The zero-order chi connectivity index (χ0) is 2.71. The van der Waals surface area contributed by atoms with Gasteiger partial charge >= 0.3 is 73.9 Å². The normalized spacial score (nSPS) is 3.00. The van der Waals surface area contributed by atoms with E-state index in [-0.39, 0.29) is 52.8 Å². The minimum atomic E-state index is -1.44. The first-order valence-electron chi connectivity index (χ1n) is 0.309. The van der Waals surface area contributed by atoms with Crippen molar-refractivity contribution in [1.29, 1.82) is 0 Å². The molecule has 0 saturated heterocycles. The molecule has 4 heteroatoms. The maximum absolute atomic E-state index is 8.41. The second kappa shape index (κ2) is 8.83. The van der Waals surface area contributed by atoms with Crippen LogP contribution < -0.4 is 51.4 Å². The molecule has 0 radical (unpaired) electrons. The van der Waals surface area contributed by atoms with E-state index in [9.17, 15) is 0 Å². The third-order valence-corrected chi connectivity index (χ3v) is 0. The Labute approximate surface area is 73.8 Å². The van der Waals surface area contributed by atoms with Crippen molar-refractivity contribution >= 4 is 0 Å². The van der Waals surface area contributed by atoms with Gasteiger partial charge in [-0.2, -0.15) is 0 Å². The van der Waals surface area contributed by atoms with E-state index in [0.717, 1.165) is 0 Å². The molecule has 0 spiro atoms. The SMILES string of the molecule is [H-].[K+].[O]=[Mn]=[O]. The molecule has 0 aromatic heterocycles. The van der Waals surface area contributed by atoms with Gasteiger partial charge in [0.15, 0.2) is 0 Å². The second-order valence-corrected chi connectivity index (χ2v) is 0.260. The van der Waals surface area contributed by atoms with Gasteiger partial charge < -0.3 is 1.43 Å². The first-order chi connectivity index (χ1) is 1.41. The summed E-state index contributed by atoms with van der Waals surface area (Å²) in [6, 6.07) is 0. The first-order valence-corrected chi connectivity index (χ1v) is 1.27. The zero-order valence-electron chi connectivity index (χ0n) is 3.19. The summed E-state index contributed by atoms with van der Waals surface area (Å²) in [5.41, 5.74) is 0. The third-order valence-electron chi connectivity index (χ3n) is 0. The molecule has 2 nitrogen and oxygen atoms in total. The predicted molar refractivity (Wildman–Crippen MR) is 2.49 cm³/mol. The fraction of sp³-hybridized carbons (Fsp3) is 0. The third kappa shape index (κ3) is 9.25. The van der Waals surface area contributed by atoms with E-state index < -0.39 is 14.8 Å². The molecule has 0 aromatic carbocycles. The summed E-state index contributed by atoms with van der Waals surface area (Å²) in [6.07, 6.45) is 0. The Morgan fingerprint density at radius 3 is 1.50 bits per heavy atom. The zero-order valence-corrected chi connectivity index (χ0v) is 6.50. The van der Waals surface area contributed by atoms with Gasteiger partial charge in [-0.1, -0.05) is 0 Å². The molecule has 0 N–H and O–H groups in total. The number of hydrogen-bond donors (Lipinski definition) is 0. The van der Waals surface area contributed by atoms with Gasteiger partial charge in [0, 0.05) is 0 Å². The summed E-state index contributed by atoms with van der Waals surface area (Å²) >= 11 is -1.44. The van der Waals surface area contributed by atoms with Crippen molar-refractivity contribution in [3.8, 4) is 0 Å². The molecule has 4 heavy (non-hydrogen) atoms. The van der Waals surface area contributed by atoms with E-state index in [2.05, 4.69) is 0 Å². The molecule has 0 saturated carbocycles. The van der Waals surface area contributed by atoms with E-state index in [1.165, 1.54) is 0 Å². The minimum absolute atomic E-state index is 0. The van der Waals surface area contributed by atoms with Crippen LogP contribution in [0, 0.1) is 0 Å². The average molecular weight is 127 g/mol. The molecule has 21 valence electrons. The standard InChI is InChI=1S/K.Mn.2O.H/q+1;;;;-1. The van der Waals surface area contributed by atoms with Crippen molar-refractivity contribution in [1.82, 2.24) is 0 Å². The van der Waals surface area contributed by atoms with Crippen molar-refractivity contribution in [2.24, 2.45) is 0 Å². The van der Waals surface area contributed by atoms with Gasteiger partial charge in [-0.05, 0) is 0 Å². The molecule has 0 aliphatic heterocycles. The van der Waals surface area contributed by atoms with Gasteiger partial charge in [0.25, 0.3) is 0 Å². The van der Waals surface area contributed by atoms with Crippen LogP contribution in [0.1, 0.15) is 1.43 Å². The maximum atomic E-state index is 8.41. The van der Waals surface area contributed by atoms with Crippen LogP contribution in [0.15, 0.2) is 0 Å². The van der Waals surface area contributed by atoms with Crippen LogP contribution in [-0.4, -0.2) is 0 Å². The summed E-state index contributed by atoms with van der Waals surface area (Å²) in [6.45, 7) is 0. The fourth-order valence-corrected chi connectivity index (χ4v) is 0. The van der Waals surface area contributed by atoms with Crippen molar-refractivity contribution in [3.05, 3.63) is 0 Å². The Bertz CT molecular complexity index is 30.6. The van der Waals surface area contributed by atoms with Crippen molar-refractivity contribution in [3.63, 3.8) is 0 Å². The molecule has 0 heterocycles. The van der Waals surface area contributed by atoms with Crippen molar-refractivity contribution in [2.45, 2.75) is 0 Å². The Kier molecular flexibility index (Phi) is 20.4. The first kappa shape index (κ1) is 9.23. The Morgan fingerprint density at radius 2 is 1.50 bits per heavy atom. The van der Waals surface area contributed by atoms with Crippen LogP contribution in [-0.2, 0) is 22.5 Å². The summed E-state index contributed by atoms with van der Waals surface area (Å²) in [5, 5.41) is 0. The molecular formula is HKMnO2. The average Bonchev–Trinajstić information content (AvgIpc) is 0.918. The van der Waals surface area contributed by atoms with Gasteiger partial charge in [-0.25, -0.2) is 0 Å². The van der Waals surface area contributed by atoms with Crippen molar-refractivity contribution < 1.29 is 75.3 Å². The summed E-state index contributed by atoms with van der Waals surface area (Å²) < 4.78 is 16.8. The molecule has 0 aromatic rings. The van der Waals surface area contributed by atoms with Crippen LogP contribution >= 0.6 is 0 Å². The molecule has 0 unspecified atom stereocenters. The van der Waals surface area contributed by atoms with Gasteiger partial charge in [-0.15, -0.1) is 0 Å². The molecule has 0 aliphatic rings. The van der Waals surface area contributed by atoms with E-state index in [4.69, 9.17) is 7.67 Å². The van der Waals surface area contributed by atoms with Crippen LogP contribution in [0.3, 0.4) is 0 Å². The topological polar surface area (TPSA) is 34.1 Å². The van der Waals surface area contributed by atoms with Crippen LogP contribution in [0.5, 0.6) is 0 Å². The van der Waals surface area contributed by atoms with Gasteiger partial charge in [-0.3, -0.25) is 0 Å². The van der Waals surface area contributed by atoms with E-state index >= 15 is 0 Å². The predicted octanol–water partition coefficient (Wildman–Crippen LogP) is -3.12.